The molecule has 168 valence electrons. The number of amides is 1. The number of fused-ring (bicyclic) bond motifs is 1. The number of hydrogen-bond donors (Lipinski definition) is 1. The highest BCUT2D eigenvalue weighted by Crippen LogP contribution is 2.33. The van der Waals surface area contributed by atoms with Crippen LogP contribution >= 0.6 is 0 Å². The van der Waals surface area contributed by atoms with E-state index >= 15 is 0 Å². The number of allylic oxidation sites excluding steroid dienone is 1. The second-order valence-electron chi connectivity index (χ2n) is 8.40. The van der Waals surface area contributed by atoms with Crippen LogP contribution in [0.5, 0.6) is 5.75 Å². The number of benzene rings is 2. The largest absolute Gasteiger partial charge is 0.491 e. The fourth-order valence-electron chi connectivity index (χ4n) is 4.33. The molecule has 0 saturated carbocycles. The first-order chi connectivity index (χ1) is 15.6. The van der Waals surface area contributed by atoms with Crippen molar-refractivity contribution in [1.82, 2.24) is 4.90 Å². The third kappa shape index (κ3) is 4.86. The van der Waals surface area contributed by atoms with Crippen LogP contribution in [-0.2, 0) is 11.2 Å². The number of carbonyl (C=O) groups excluding carboxylic acids is 1. The molecule has 0 radical (unpaired) electrons. The lowest BCUT2D eigenvalue weighted by Crippen LogP contribution is -2.38. The van der Waals surface area contributed by atoms with E-state index in [4.69, 9.17) is 15.2 Å². The summed E-state index contributed by atoms with van der Waals surface area (Å²) in [6.45, 7) is 6.66. The van der Waals surface area contributed by atoms with Crippen molar-refractivity contribution in [1.29, 1.82) is 0 Å². The Bertz CT molecular complexity index is 1020. The number of aliphatic imine (C=N–C) groups is 1. The predicted octanol–water partition coefficient (Wildman–Crippen LogP) is 4.08. The number of rotatable bonds is 6. The molecule has 1 amide bonds. The fraction of sp³-hybridized carbons (Fsp3) is 0.385. The van der Waals surface area contributed by atoms with Gasteiger partial charge in [0, 0.05) is 19.4 Å². The molecule has 1 saturated heterocycles. The summed E-state index contributed by atoms with van der Waals surface area (Å²) in [6.07, 6.45) is 7.77. The van der Waals surface area contributed by atoms with Gasteiger partial charge >= 0.3 is 0 Å². The molecule has 0 spiro atoms. The Kier molecular flexibility index (Phi) is 6.90. The summed E-state index contributed by atoms with van der Waals surface area (Å²) in [5.74, 6) is 0.763. The SMILES string of the molecule is Cc1c(Cc2ccc(N=C/C=C\N)cc2)cc2c(c1C)OCCN(C[C@H]1CCCO1)C2=O. The summed E-state index contributed by atoms with van der Waals surface area (Å²) in [7, 11) is 0. The molecule has 0 bridgehead atoms. The van der Waals surface area contributed by atoms with Crippen LogP contribution in [0.2, 0.25) is 0 Å². The highest BCUT2D eigenvalue weighted by Gasteiger charge is 2.29. The van der Waals surface area contributed by atoms with Crippen molar-refractivity contribution in [3.8, 4) is 5.75 Å². The van der Waals surface area contributed by atoms with Crippen LogP contribution in [0.15, 0.2) is 47.6 Å². The second kappa shape index (κ2) is 10.0. The van der Waals surface area contributed by atoms with Crippen LogP contribution in [0.1, 0.15) is 45.5 Å². The van der Waals surface area contributed by atoms with Gasteiger partial charge < -0.3 is 20.1 Å². The monoisotopic (exact) mass is 433 g/mol. The Labute approximate surface area is 189 Å². The molecule has 2 aliphatic heterocycles. The van der Waals surface area contributed by atoms with Crippen LogP contribution in [0.3, 0.4) is 0 Å². The Morgan fingerprint density at radius 2 is 2.00 bits per heavy atom. The van der Waals surface area contributed by atoms with Gasteiger partial charge in [-0.25, -0.2) is 0 Å². The van der Waals surface area contributed by atoms with E-state index in [-0.39, 0.29) is 12.0 Å². The van der Waals surface area contributed by atoms with Crippen molar-refractivity contribution < 1.29 is 14.3 Å². The summed E-state index contributed by atoms with van der Waals surface area (Å²) in [6, 6.07) is 10.1. The van der Waals surface area contributed by atoms with Crippen LogP contribution in [0, 0.1) is 13.8 Å². The van der Waals surface area contributed by atoms with Crippen LogP contribution in [0.4, 0.5) is 5.69 Å². The van der Waals surface area contributed by atoms with Gasteiger partial charge in [-0.3, -0.25) is 9.79 Å². The van der Waals surface area contributed by atoms with E-state index in [9.17, 15) is 4.79 Å². The number of ether oxygens (including phenoxy) is 2. The molecule has 0 aliphatic carbocycles. The normalized spacial score (nSPS) is 18.9. The molecule has 2 aromatic rings. The van der Waals surface area contributed by atoms with E-state index in [0.29, 0.717) is 25.3 Å². The molecule has 4 rings (SSSR count). The molecule has 2 heterocycles. The van der Waals surface area contributed by atoms with Crippen LogP contribution in [-0.4, -0.2) is 49.4 Å². The molecular weight excluding hydrogens is 402 g/mol. The zero-order chi connectivity index (χ0) is 22.5. The molecule has 1 atom stereocenters. The summed E-state index contributed by atoms with van der Waals surface area (Å²) >= 11 is 0. The first kappa shape index (κ1) is 22.1. The van der Waals surface area contributed by atoms with Gasteiger partial charge in [-0.2, -0.15) is 0 Å². The quantitative estimate of drug-likeness (QED) is 0.697. The van der Waals surface area contributed by atoms with Crippen molar-refractivity contribution >= 4 is 17.8 Å². The molecule has 6 heteroatoms. The van der Waals surface area contributed by atoms with Crippen LogP contribution in [0.25, 0.3) is 0 Å². The lowest BCUT2D eigenvalue weighted by Gasteiger charge is -2.23. The number of nitrogens with two attached hydrogens (primary N) is 1. The van der Waals surface area contributed by atoms with Crippen LogP contribution < -0.4 is 10.5 Å². The van der Waals surface area contributed by atoms with Crippen molar-refractivity contribution in [3.05, 3.63) is 70.4 Å². The van der Waals surface area contributed by atoms with Crippen molar-refractivity contribution in [2.45, 2.75) is 39.2 Å². The first-order valence-corrected chi connectivity index (χ1v) is 11.2. The van der Waals surface area contributed by atoms with Gasteiger partial charge in [-0.15, -0.1) is 0 Å². The summed E-state index contributed by atoms with van der Waals surface area (Å²) in [5, 5.41) is 0. The maximum Gasteiger partial charge on any atom is 0.257 e. The van der Waals surface area contributed by atoms with Gasteiger partial charge in [-0.1, -0.05) is 12.1 Å². The summed E-state index contributed by atoms with van der Waals surface area (Å²) in [4.78, 5) is 19.6. The number of carbonyl (C=O) groups is 1. The summed E-state index contributed by atoms with van der Waals surface area (Å²) in [5.41, 5.74) is 11.4. The van der Waals surface area contributed by atoms with Gasteiger partial charge in [0.25, 0.3) is 5.91 Å². The molecule has 0 unspecified atom stereocenters. The van der Waals surface area contributed by atoms with E-state index in [1.165, 1.54) is 17.3 Å². The molecule has 6 nitrogen and oxygen atoms in total. The van der Waals surface area contributed by atoms with Gasteiger partial charge in [0.2, 0.25) is 0 Å². The second-order valence-corrected chi connectivity index (χ2v) is 8.40. The van der Waals surface area contributed by atoms with Gasteiger partial charge in [0.05, 0.1) is 23.9 Å². The lowest BCUT2D eigenvalue weighted by molar-refractivity contribution is 0.0519. The first-order valence-electron chi connectivity index (χ1n) is 11.2. The third-order valence-corrected chi connectivity index (χ3v) is 6.27. The Morgan fingerprint density at radius 1 is 1.19 bits per heavy atom. The van der Waals surface area contributed by atoms with Gasteiger partial charge in [0.1, 0.15) is 12.4 Å². The van der Waals surface area contributed by atoms with E-state index in [1.807, 2.05) is 30.0 Å². The maximum atomic E-state index is 13.4. The fourth-order valence-corrected chi connectivity index (χ4v) is 4.33. The van der Waals surface area contributed by atoms with Gasteiger partial charge in [-0.05, 0) is 85.8 Å². The minimum absolute atomic E-state index is 0.0370. The highest BCUT2D eigenvalue weighted by molar-refractivity contribution is 5.98. The zero-order valence-electron chi connectivity index (χ0n) is 18.8. The van der Waals surface area contributed by atoms with Crippen molar-refractivity contribution in [2.24, 2.45) is 10.7 Å². The van der Waals surface area contributed by atoms with Crippen molar-refractivity contribution in [2.75, 3.05) is 26.3 Å². The number of nitrogens with zero attached hydrogens (tertiary/aromatic N) is 2. The minimum atomic E-state index is 0.0370. The maximum absolute atomic E-state index is 13.4. The van der Waals surface area contributed by atoms with Gasteiger partial charge in [0.15, 0.2) is 0 Å². The Morgan fingerprint density at radius 3 is 2.72 bits per heavy atom. The van der Waals surface area contributed by atoms with E-state index in [1.54, 1.807) is 12.3 Å². The molecule has 1 fully saturated rings. The average Bonchev–Trinajstić information content (AvgIpc) is 3.26. The van der Waals surface area contributed by atoms with E-state index in [0.717, 1.165) is 48.4 Å². The Hall–Kier alpha value is -3.12. The zero-order valence-corrected chi connectivity index (χ0v) is 18.8. The molecule has 2 aliphatic rings. The van der Waals surface area contributed by atoms with Crippen molar-refractivity contribution in [3.63, 3.8) is 0 Å². The standard InChI is InChI=1S/C26H31N3O3/c1-18-19(2)25-24(26(30)29(12-14-32-25)17-23-5-3-13-31-23)16-21(18)15-20-6-8-22(9-7-20)28-11-4-10-27/h4,6-11,16,23H,3,5,12-15,17,27H2,1-2H3/b10-4-,28-11?/t23-/m1/s1. The molecule has 2 N–H and O–H groups in total. The van der Waals surface area contributed by atoms with E-state index < -0.39 is 0 Å². The molecular formula is C26H31N3O3. The number of hydrogen-bond acceptors (Lipinski definition) is 5. The minimum Gasteiger partial charge on any atom is -0.491 e. The average molecular weight is 434 g/mol. The van der Waals surface area contributed by atoms with E-state index in [2.05, 4.69) is 24.0 Å². The molecule has 2 aromatic carbocycles. The molecule has 0 aromatic heterocycles. The predicted molar refractivity (Wildman–Crippen MR) is 127 cm³/mol. The lowest BCUT2D eigenvalue weighted by atomic mass is 9.93. The third-order valence-electron chi connectivity index (χ3n) is 6.27. The summed E-state index contributed by atoms with van der Waals surface area (Å²) < 4.78 is 11.8. The topological polar surface area (TPSA) is 77.2 Å². The smallest absolute Gasteiger partial charge is 0.257 e. The Balaban J connectivity index is 1.58. The highest BCUT2D eigenvalue weighted by atomic mass is 16.5. The molecule has 32 heavy (non-hydrogen) atoms.